The average molecular weight is 308 g/mol. The Balaban J connectivity index is 1.79. The zero-order valence-electron chi connectivity index (χ0n) is 12.2. The van der Waals surface area contributed by atoms with E-state index >= 15 is 0 Å². The van der Waals surface area contributed by atoms with Crippen molar-refractivity contribution < 1.29 is 5.21 Å². The van der Waals surface area contributed by atoms with Crippen molar-refractivity contribution in [1.82, 2.24) is 10.2 Å². The third-order valence-corrected chi connectivity index (χ3v) is 4.67. The molecule has 2 rings (SSSR count). The summed E-state index contributed by atoms with van der Waals surface area (Å²) in [6.07, 6.45) is 0. The molecule has 0 spiro atoms. The molecule has 1 aromatic rings. The van der Waals surface area contributed by atoms with E-state index in [1.165, 1.54) is 24.6 Å². The molecule has 21 heavy (non-hydrogen) atoms. The lowest BCUT2D eigenvalue weighted by molar-refractivity contribution is 0.300. The number of nitrogens with two attached hydrogens (primary N) is 1. The van der Waals surface area contributed by atoms with Gasteiger partial charge >= 0.3 is 0 Å². The molecular weight excluding hydrogens is 284 g/mol. The molecule has 0 aromatic heterocycles. The second kappa shape index (κ2) is 8.92. The third kappa shape index (κ3) is 5.22. The lowest BCUT2D eigenvalue weighted by Crippen LogP contribution is -2.39. The highest BCUT2D eigenvalue weighted by Crippen LogP contribution is 2.14. The van der Waals surface area contributed by atoms with Crippen molar-refractivity contribution in [2.24, 2.45) is 10.9 Å². The first-order valence-electron chi connectivity index (χ1n) is 7.34. The van der Waals surface area contributed by atoms with E-state index in [0.29, 0.717) is 6.54 Å². The first-order chi connectivity index (χ1) is 10.3. The van der Waals surface area contributed by atoms with Gasteiger partial charge in [0.25, 0.3) is 0 Å². The number of nitrogens with one attached hydrogen (secondary N) is 1. The molecule has 116 valence electrons. The van der Waals surface area contributed by atoms with Crippen LogP contribution in [0.5, 0.6) is 0 Å². The molecule has 6 heteroatoms. The average Bonchev–Trinajstić information content (AvgIpc) is 2.56. The zero-order chi connectivity index (χ0) is 14.9. The van der Waals surface area contributed by atoms with Crippen molar-refractivity contribution in [3.8, 4) is 0 Å². The first-order valence-corrected chi connectivity index (χ1v) is 8.50. The highest BCUT2D eigenvalue weighted by molar-refractivity contribution is 7.99. The minimum atomic E-state index is -0.0897. The summed E-state index contributed by atoms with van der Waals surface area (Å²) in [6, 6.07) is 9.92. The van der Waals surface area contributed by atoms with Crippen LogP contribution >= 0.6 is 11.8 Å². The topological polar surface area (TPSA) is 73.9 Å². The summed E-state index contributed by atoms with van der Waals surface area (Å²) >= 11 is 2.02. The number of amidine groups is 1. The minimum Gasteiger partial charge on any atom is -0.409 e. The number of hydrogen-bond donors (Lipinski definition) is 3. The monoisotopic (exact) mass is 308 g/mol. The standard InChI is InChI=1S/C15H24N4OS/c16-15(18-20)14(13-4-2-1-3-5-13)12-17-6-7-19-8-10-21-11-9-19/h1-5,14,17,20H,6-12H2,(H2,16,18). The molecule has 1 fully saturated rings. The van der Waals surface area contributed by atoms with Crippen molar-refractivity contribution in [1.29, 1.82) is 0 Å². The van der Waals surface area contributed by atoms with Crippen LogP contribution in [0.25, 0.3) is 0 Å². The van der Waals surface area contributed by atoms with Gasteiger partial charge in [0.1, 0.15) is 5.84 Å². The van der Waals surface area contributed by atoms with Crippen LogP contribution in [0.15, 0.2) is 35.5 Å². The van der Waals surface area contributed by atoms with Crippen molar-refractivity contribution in [3.63, 3.8) is 0 Å². The molecule has 0 bridgehead atoms. The van der Waals surface area contributed by atoms with Gasteiger partial charge in [0, 0.05) is 44.2 Å². The van der Waals surface area contributed by atoms with Crippen molar-refractivity contribution in [2.45, 2.75) is 5.92 Å². The molecule has 0 amide bonds. The van der Waals surface area contributed by atoms with Crippen molar-refractivity contribution in [2.75, 3.05) is 44.2 Å². The predicted octanol–water partition coefficient (Wildman–Crippen LogP) is 1.16. The maximum absolute atomic E-state index is 8.95. The maximum Gasteiger partial charge on any atom is 0.147 e. The number of rotatable bonds is 7. The van der Waals surface area contributed by atoms with E-state index in [1.54, 1.807) is 0 Å². The van der Waals surface area contributed by atoms with Gasteiger partial charge in [-0.2, -0.15) is 11.8 Å². The number of hydrogen-bond acceptors (Lipinski definition) is 5. The van der Waals surface area contributed by atoms with Gasteiger partial charge in [-0.15, -0.1) is 0 Å². The zero-order valence-corrected chi connectivity index (χ0v) is 13.1. The lowest BCUT2D eigenvalue weighted by Gasteiger charge is -2.26. The molecular formula is C15H24N4OS. The van der Waals surface area contributed by atoms with E-state index in [4.69, 9.17) is 10.9 Å². The molecule has 0 radical (unpaired) electrons. The van der Waals surface area contributed by atoms with Gasteiger partial charge in [0.05, 0.1) is 5.92 Å². The summed E-state index contributed by atoms with van der Waals surface area (Å²) in [6.45, 7) is 5.01. The molecule has 1 aromatic carbocycles. The second-order valence-corrected chi connectivity index (χ2v) is 6.37. The van der Waals surface area contributed by atoms with Crippen LogP contribution in [0.2, 0.25) is 0 Å². The summed E-state index contributed by atoms with van der Waals surface area (Å²) < 4.78 is 0. The van der Waals surface area contributed by atoms with Gasteiger partial charge in [-0.1, -0.05) is 35.5 Å². The summed E-state index contributed by atoms with van der Waals surface area (Å²) in [7, 11) is 0. The Hall–Kier alpha value is -1.24. The van der Waals surface area contributed by atoms with Gasteiger partial charge in [-0.05, 0) is 5.56 Å². The summed E-state index contributed by atoms with van der Waals surface area (Å²) in [5.74, 6) is 2.63. The fourth-order valence-electron chi connectivity index (χ4n) is 2.46. The number of nitrogens with zero attached hydrogens (tertiary/aromatic N) is 2. The van der Waals surface area contributed by atoms with Crippen LogP contribution in [-0.4, -0.2) is 60.2 Å². The summed E-state index contributed by atoms with van der Waals surface area (Å²) in [5, 5.41) is 15.6. The smallest absolute Gasteiger partial charge is 0.147 e. The van der Waals surface area contributed by atoms with Gasteiger partial charge < -0.3 is 21.2 Å². The van der Waals surface area contributed by atoms with Crippen LogP contribution in [0.3, 0.4) is 0 Å². The van der Waals surface area contributed by atoms with E-state index in [2.05, 4.69) is 15.4 Å². The van der Waals surface area contributed by atoms with E-state index in [9.17, 15) is 0 Å². The fourth-order valence-corrected chi connectivity index (χ4v) is 3.44. The molecule has 1 aliphatic rings. The molecule has 1 saturated heterocycles. The Labute approximate surface area is 130 Å². The van der Waals surface area contributed by atoms with Gasteiger partial charge in [0.15, 0.2) is 0 Å². The fraction of sp³-hybridized carbons (Fsp3) is 0.533. The Kier molecular flexibility index (Phi) is 6.85. The Morgan fingerprint density at radius 1 is 1.33 bits per heavy atom. The van der Waals surface area contributed by atoms with Gasteiger partial charge in [0.2, 0.25) is 0 Å². The van der Waals surface area contributed by atoms with Crippen LogP contribution < -0.4 is 11.1 Å². The highest BCUT2D eigenvalue weighted by Gasteiger charge is 2.16. The second-order valence-electron chi connectivity index (χ2n) is 5.15. The van der Waals surface area contributed by atoms with Crippen LogP contribution in [0, 0.1) is 0 Å². The molecule has 5 nitrogen and oxygen atoms in total. The molecule has 0 aliphatic carbocycles. The van der Waals surface area contributed by atoms with Gasteiger partial charge in [-0.3, -0.25) is 0 Å². The van der Waals surface area contributed by atoms with E-state index in [-0.39, 0.29) is 11.8 Å². The van der Waals surface area contributed by atoms with E-state index < -0.39 is 0 Å². The molecule has 4 N–H and O–H groups in total. The van der Waals surface area contributed by atoms with Crippen molar-refractivity contribution in [3.05, 3.63) is 35.9 Å². The molecule has 1 heterocycles. The molecule has 1 aliphatic heterocycles. The van der Waals surface area contributed by atoms with Crippen LogP contribution in [0.4, 0.5) is 0 Å². The van der Waals surface area contributed by atoms with Crippen LogP contribution in [0.1, 0.15) is 11.5 Å². The predicted molar refractivity (Wildman–Crippen MR) is 89.2 cm³/mol. The lowest BCUT2D eigenvalue weighted by atomic mass is 9.98. The minimum absolute atomic E-state index is 0.0897. The number of benzene rings is 1. The van der Waals surface area contributed by atoms with Crippen molar-refractivity contribution >= 4 is 17.6 Å². The molecule has 0 saturated carbocycles. The normalized spacial score (nSPS) is 18.6. The van der Waals surface area contributed by atoms with Crippen LogP contribution in [-0.2, 0) is 0 Å². The van der Waals surface area contributed by atoms with Gasteiger partial charge in [-0.25, -0.2) is 0 Å². The SMILES string of the molecule is N/C(=N/O)C(CNCCN1CCSCC1)c1ccccc1. The largest absolute Gasteiger partial charge is 0.409 e. The summed E-state index contributed by atoms with van der Waals surface area (Å²) in [5.41, 5.74) is 6.89. The Morgan fingerprint density at radius 2 is 2.05 bits per heavy atom. The third-order valence-electron chi connectivity index (χ3n) is 3.73. The Morgan fingerprint density at radius 3 is 2.71 bits per heavy atom. The summed E-state index contributed by atoms with van der Waals surface area (Å²) in [4.78, 5) is 2.48. The first kappa shape index (κ1) is 16.1. The maximum atomic E-state index is 8.95. The van der Waals surface area contributed by atoms with E-state index in [0.717, 1.165) is 18.7 Å². The molecule has 1 unspecified atom stereocenters. The number of oxime groups is 1. The number of thioether (sulfide) groups is 1. The van der Waals surface area contributed by atoms with E-state index in [1.807, 2.05) is 42.1 Å². The quantitative estimate of drug-likeness (QED) is 0.232. The highest BCUT2D eigenvalue weighted by atomic mass is 32.2. The Bertz CT molecular complexity index is 435. The molecule has 1 atom stereocenters.